The standard InChI is InChI=1S/C21H26N8O3S/c1-15-11-27(14-22-15)18-8-7-16(10-19(18)32-2)17-12-28(26-23-17)13-21-25-33(30,31)24-20-6-4-3-5-9-29(20)21/h7-8,10-12,14,21,25H,3-6,9,13H2,1-2H3. The van der Waals surface area contributed by atoms with Gasteiger partial charge in [0.15, 0.2) is 0 Å². The molecule has 1 fully saturated rings. The summed E-state index contributed by atoms with van der Waals surface area (Å²) < 4.78 is 40.3. The zero-order valence-corrected chi connectivity index (χ0v) is 19.4. The van der Waals surface area contributed by atoms with E-state index in [1.54, 1.807) is 18.1 Å². The molecule has 12 heteroatoms. The number of methoxy groups -OCH3 is 1. The topological polar surface area (TPSA) is 120 Å². The number of nitrogens with zero attached hydrogens (tertiary/aromatic N) is 7. The summed E-state index contributed by atoms with van der Waals surface area (Å²) >= 11 is 0. The normalized spacial score (nSPS) is 20.1. The molecule has 174 valence electrons. The Morgan fingerprint density at radius 2 is 2.09 bits per heavy atom. The molecule has 5 rings (SSSR count). The van der Waals surface area contributed by atoms with Gasteiger partial charge in [-0.05, 0) is 31.9 Å². The third-order valence-corrected chi connectivity index (χ3v) is 6.90. The number of fused-ring (bicyclic) bond motifs is 1. The average Bonchev–Trinajstić information content (AvgIpc) is 3.36. The van der Waals surface area contributed by atoms with Crippen molar-refractivity contribution in [1.29, 1.82) is 0 Å². The quantitative estimate of drug-likeness (QED) is 0.605. The summed E-state index contributed by atoms with van der Waals surface area (Å²) in [5.74, 6) is 1.32. The molecule has 0 saturated carbocycles. The summed E-state index contributed by atoms with van der Waals surface area (Å²) in [4.78, 5) is 6.32. The van der Waals surface area contributed by atoms with Crippen LogP contribution >= 0.6 is 0 Å². The zero-order chi connectivity index (χ0) is 23.0. The van der Waals surface area contributed by atoms with Gasteiger partial charge in [-0.3, -0.25) is 0 Å². The summed E-state index contributed by atoms with van der Waals surface area (Å²) in [5, 5.41) is 8.55. The molecule has 0 radical (unpaired) electrons. The van der Waals surface area contributed by atoms with Crippen molar-refractivity contribution < 1.29 is 13.2 Å². The van der Waals surface area contributed by atoms with E-state index >= 15 is 0 Å². The predicted molar refractivity (Wildman–Crippen MR) is 122 cm³/mol. The Morgan fingerprint density at radius 1 is 1.21 bits per heavy atom. The first kappa shape index (κ1) is 21.6. The molecule has 0 spiro atoms. The first-order chi connectivity index (χ1) is 15.9. The Bertz CT molecular complexity index is 1300. The molecule has 2 aromatic heterocycles. The van der Waals surface area contributed by atoms with Crippen LogP contribution in [0.25, 0.3) is 16.9 Å². The summed E-state index contributed by atoms with van der Waals surface area (Å²) in [6.07, 6.45) is 8.72. The van der Waals surface area contributed by atoms with Crippen LogP contribution in [0.5, 0.6) is 5.75 Å². The largest absolute Gasteiger partial charge is 0.495 e. The van der Waals surface area contributed by atoms with Crippen molar-refractivity contribution in [2.75, 3.05) is 13.7 Å². The van der Waals surface area contributed by atoms with Gasteiger partial charge in [0.1, 0.15) is 23.4 Å². The third kappa shape index (κ3) is 4.48. The van der Waals surface area contributed by atoms with Crippen LogP contribution in [0.2, 0.25) is 0 Å². The highest BCUT2D eigenvalue weighted by Crippen LogP contribution is 2.29. The van der Waals surface area contributed by atoms with Crippen LogP contribution < -0.4 is 9.46 Å². The first-order valence-electron chi connectivity index (χ1n) is 10.9. The number of nitrogens with one attached hydrogen (secondary N) is 1. The van der Waals surface area contributed by atoms with Gasteiger partial charge < -0.3 is 14.2 Å². The molecule has 11 nitrogen and oxygen atoms in total. The lowest BCUT2D eigenvalue weighted by Gasteiger charge is -2.35. The lowest BCUT2D eigenvalue weighted by molar-refractivity contribution is 0.250. The SMILES string of the molecule is COc1cc(-c2cn(CC3NS(=O)(=O)N=C4CCCCCN43)nn2)ccc1-n1cnc(C)c1. The molecule has 4 heterocycles. The second-order valence-corrected chi connectivity index (χ2v) is 9.62. The number of hydrogen-bond acceptors (Lipinski definition) is 7. The minimum atomic E-state index is -3.71. The summed E-state index contributed by atoms with van der Waals surface area (Å²) in [7, 11) is -2.09. The maximum Gasteiger partial charge on any atom is 0.323 e. The number of aryl methyl sites for hydroxylation is 1. The van der Waals surface area contributed by atoms with Gasteiger partial charge >= 0.3 is 10.2 Å². The highest BCUT2D eigenvalue weighted by atomic mass is 32.2. The molecule has 1 unspecified atom stereocenters. The molecule has 33 heavy (non-hydrogen) atoms. The fourth-order valence-corrected chi connectivity index (χ4v) is 5.36. The van der Waals surface area contributed by atoms with E-state index in [0.29, 0.717) is 30.2 Å². The van der Waals surface area contributed by atoms with E-state index in [4.69, 9.17) is 4.74 Å². The van der Waals surface area contributed by atoms with E-state index in [2.05, 4.69) is 24.4 Å². The molecular formula is C21H26N8O3S. The highest BCUT2D eigenvalue weighted by molar-refractivity contribution is 7.88. The molecule has 3 aromatic rings. The van der Waals surface area contributed by atoms with Crippen LogP contribution in [0.15, 0.2) is 41.3 Å². The second-order valence-electron chi connectivity index (χ2n) is 8.26. The van der Waals surface area contributed by atoms with Gasteiger partial charge in [0.05, 0.1) is 37.6 Å². The molecular weight excluding hydrogens is 444 g/mol. The van der Waals surface area contributed by atoms with E-state index < -0.39 is 16.4 Å². The Hall–Kier alpha value is -3.25. The molecule has 1 saturated heterocycles. The number of amidine groups is 1. The molecule has 2 aliphatic heterocycles. The van der Waals surface area contributed by atoms with Crippen LogP contribution in [0.3, 0.4) is 0 Å². The van der Waals surface area contributed by atoms with Crippen molar-refractivity contribution in [2.24, 2.45) is 4.40 Å². The zero-order valence-electron chi connectivity index (χ0n) is 18.5. The first-order valence-corrected chi connectivity index (χ1v) is 12.3. The van der Waals surface area contributed by atoms with Gasteiger partial charge in [-0.1, -0.05) is 17.7 Å². The number of hydrogen-bond donors (Lipinski definition) is 1. The number of benzene rings is 1. The number of aromatic nitrogens is 5. The van der Waals surface area contributed by atoms with Crippen molar-refractivity contribution in [3.8, 4) is 22.7 Å². The number of imidazole rings is 1. The second kappa shape index (κ2) is 8.60. The number of ether oxygens (including phenoxy) is 1. The Morgan fingerprint density at radius 3 is 2.88 bits per heavy atom. The van der Waals surface area contributed by atoms with Gasteiger partial charge in [-0.15, -0.1) is 9.50 Å². The van der Waals surface area contributed by atoms with Crippen LogP contribution in [0.4, 0.5) is 0 Å². The molecule has 1 N–H and O–H groups in total. The van der Waals surface area contributed by atoms with Gasteiger partial charge in [0.25, 0.3) is 0 Å². The van der Waals surface area contributed by atoms with E-state index in [1.807, 2.05) is 47.0 Å². The molecule has 0 amide bonds. The van der Waals surface area contributed by atoms with E-state index in [9.17, 15) is 8.42 Å². The predicted octanol–water partition coefficient (Wildman–Crippen LogP) is 1.90. The molecule has 2 aliphatic rings. The highest BCUT2D eigenvalue weighted by Gasteiger charge is 2.33. The van der Waals surface area contributed by atoms with Crippen molar-refractivity contribution in [2.45, 2.75) is 45.3 Å². The average molecular weight is 471 g/mol. The van der Waals surface area contributed by atoms with Crippen molar-refractivity contribution in [3.05, 3.63) is 42.6 Å². The van der Waals surface area contributed by atoms with Gasteiger partial charge in [0.2, 0.25) is 0 Å². The minimum absolute atomic E-state index is 0.328. The van der Waals surface area contributed by atoms with Crippen molar-refractivity contribution in [3.63, 3.8) is 0 Å². The Balaban J connectivity index is 1.39. The fraction of sp³-hybridized carbons (Fsp3) is 0.429. The number of rotatable bonds is 5. The smallest absolute Gasteiger partial charge is 0.323 e. The van der Waals surface area contributed by atoms with Gasteiger partial charge in [-0.2, -0.15) is 13.1 Å². The van der Waals surface area contributed by atoms with Crippen LogP contribution in [0.1, 0.15) is 31.4 Å². The molecule has 1 aromatic carbocycles. The Kier molecular flexibility index (Phi) is 5.62. The van der Waals surface area contributed by atoms with Crippen LogP contribution in [-0.4, -0.2) is 63.5 Å². The molecule has 0 aliphatic carbocycles. The van der Waals surface area contributed by atoms with E-state index in [0.717, 1.165) is 42.8 Å². The van der Waals surface area contributed by atoms with Gasteiger partial charge in [0, 0.05) is 24.7 Å². The maximum atomic E-state index is 12.3. The van der Waals surface area contributed by atoms with Gasteiger partial charge in [-0.25, -0.2) is 9.67 Å². The van der Waals surface area contributed by atoms with Crippen molar-refractivity contribution >= 4 is 16.0 Å². The lowest BCUT2D eigenvalue weighted by Crippen LogP contribution is -2.56. The van der Waals surface area contributed by atoms with E-state index in [1.165, 1.54) is 0 Å². The van der Waals surface area contributed by atoms with E-state index in [-0.39, 0.29) is 0 Å². The van der Waals surface area contributed by atoms with Crippen LogP contribution in [-0.2, 0) is 16.8 Å². The van der Waals surface area contributed by atoms with Crippen LogP contribution in [0, 0.1) is 6.92 Å². The molecule has 0 bridgehead atoms. The third-order valence-electron chi connectivity index (χ3n) is 5.88. The summed E-state index contributed by atoms with van der Waals surface area (Å²) in [5.41, 5.74) is 3.31. The molecule has 1 atom stereocenters. The Labute approximate surface area is 192 Å². The summed E-state index contributed by atoms with van der Waals surface area (Å²) in [6, 6.07) is 5.80. The minimum Gasteiger partial charge on any atom is -0.495 e. The van der Waals surface area contributed by atoms with Crippen molar-refractivity contribution in [1.82, 2.24) is 34.2 Å². The summed E-state index contributed by atoms with van der Waals surface area (Å²) in [6.45, 7) is 3.03. The fourth-order valence-electron chi connectivity index (χ4n) is 4.29. The lowest BCUT2D eigenvalue weighted by atomic mass is 10.1. The maximum absolute atomic E-state index is 12.3. The monoisotopic (exact) mass is 470 g/mol.